The highest BCUT2D eigenvalue weighted by Gasteiger charge is 2.71. The smallest absolute Gasteiger partial charge is 0.475 e. The summed E-state index contributed by atoms with van der Waals surface area (Å²) >= 11 is 7.01. The van der Waals surface area contributed by atoms with Crippen molar-refractivity contribution in [1.82, 2.24) is 20.5 Å². The molecule has 15 N–H and O–H groups in total. The van der Waals surface area contributed by atoms with Crippen LogP contribution in [0.2, 0.25) is 0 Å². The first-order valence-electron chi connectivity index (χ1n) is 18.3. The van der Waals surface area contributed by atoms with Gasteiger partial charge in [-0.15, -0.1) is 0 Å². The number of carboxylic acid groups (broad SMARTS) is 2. The van der Waals surface area contributed by atoms with E-state index in [1.165, 1.54) is 0 Å². The molecular weight excluding hydrogens is 974 g/mol. The molecule has 342 valence electrons. The Morgan fingerprint density at radius 2 is 1.47 bits per heavy atom. The zero-order chi connectivity index (χ0) is 46.8. The van der Waals surface area contributed by atoms with Gasteiger partial charge >= 0.3 is 24.3 Å². The number of carboxylic acids is 2. The van der Waals surface area contributed by atoms with E-state index >= 15 is 0 Å². The third-order valence-corrected chi connectivity index (χ3v) is 10.5. The van der Waals surface area contributed by atoms with Crippen molar-refractivity contribution in [3.8, 4) is 0 Å². The second kappa shape index (κ2) is 21.2. The molecule has 0 spiro atoms. The first-order chi connectivity index (χ1) is 28.7. The molecule has 3 aliphatic rings. The van der Waals surface area contributed by atoms with E-state index in [4.69, 9.17) is 42.7 Å². The normalized spacial score (nSPS) is 22.8. The molecular formula is C36H44Br2F6N10O8. The molecule has 3 heterocycles. The van der Waals surface area contributed by atoms with E-state index < -0.39 is 53.3 Å². The van der Waals surface area contributed by atoms with Crippen molar-refractivity contribution >= 4 is 78.4 Å². The maximum Gasteiger partial charge on any atom is 0.490 e. The van der Waals surface area contributed by atoms with Crippen LogP contribution in [-0.4, -0.2) is 122 Å². The van der Waals surface area contributed by atoms with Gasteiger partial charge in [-0.05, 0) is 61.2 Å². The number of rotatable bonds is 14. The number of likely N-dealkylation sites (tertiary alicyclic amines) is 1. The number of carbonyl (C=O) groups excluding carboxylic acids is 2. The van der Waals surface area contributed by atoms with Crippen molar-refractivity contribution in [3.05, 3.63) is 68.9 Å². The molecule has 1 fully saturated rings. The van der Waals surface area contributed by atoms with Crippen molar-refractivity contribution < 1.29 is 65.9 Å². The van der Waals surface area contributed by atoms with Gasteiger partial charge in [-0.1, -0.05) is 50.1 Å². The number of nitrogens with one attached hydrogen (secondary N) is 3. The lowest BCUT2D eigenvalue weighted by Gasteiger charge is -2.39. The van der Waals surface area contributed by atoms with Gasteiger partial charge in [0.2, 0.25) is 5.72 Å². The third kappa shape index (κ3) is 12.9. The summed E-state index contributed by atoms with van der Waals surface area (Å²) in [6, 6.07) is 5.47. The van der Waals surface area contributed by atoms with Crippen LogP contribution < -0.4 is 33.6 Å². The molecule has 5 atom stereocenters. The van der Waals surface area contributed by atoms with Crippen LogP contribution in [0.5, 0.6) is 0 Å². The molecule has 1 aromatic carbocycles. The molecule has 2 amide bonds. The molecule has 26 heteroatoms. The van der Waals surface area contributed by atoms with Crippen molar-refractivity contribution in [1.29, 1.82) is 0 Å². The van der Waals surface area contributed by atoms with Gasteiger partial charge in [-0.2, -0.15) is 26.3 Å². The second-order valence-electron chi connectivity index (χ2n) is 13.9. The van der Waals surface area contributed by atoms with Gasteiger partial charge in [0.05, 0.1) is 12.0 Å². The van der Waals surface area contributed by atoms with Gasteiger partial charge in [0.25, 0.3) is 11.8 Å². The number of hydrogen-bond acceptors (Lipinski definition) is 9. The quantitative estimate of drug-likeness (QED) is 0.0560. The molecule has 62 heavy (non-hydrogen) atoms. The van der Waals surface area contributed by atoms with Gasteiger partial charge in [0, 0.05) is 64.6 Å². The number of allylic oxidation sites excluding steroid dienone is 2. The van der Waals surface area contributed by atoms with Crippen molar-refractivity contribution in [3.63, 3.8) is 0 Å². The van der Waals surface area contributed by atoms with Gasteiger partial charge in [0.15, 0.2) is 17.5 Å². The molecule has 2 aromatic rings. The fourth-order valence-corrected chi connectivity index (χ4v) is 7.65. The predicted molar refractivity (Wildman–Crippen MR) is 220 cm³/mol. The largest absolute Gasteiger partial charge is 0.490 e. The zero-order valence-electron chi connectivity index (χ0n) is 32.3. The van der Waals surface area contributed by atoms with Crippen LogP contribution in [0.15, 0.2) is 73.3 Å². The fraction of sp³-hybridized carbons (Fsp3) is 0.444. The van der Waals surface area contributed by atoms with Gasteiger partial charge in [0.1, 0.15) is 0 Å². The van der Waals surface area contributed by atoms with Gasteiger partial charge in [-0.3, -0.25) is 19.6 Å². The number of H-pyrrole nitrogens is 1. The molecule has 18 nitrogen and oxygen atoms in total. The molecule has 0 bridgehead atoms. The lowest BCUT2D eigenvalue weighted by Crippen LogP contribution is -2.61. The number of unbranched alkanes of at least 4 members (excludes halogenated alkanes) is 2. The Morgan fingerprint density at radius 3 is 2.02 bits per heavy atom. The maximum absolute atomic E-state index is 14.6. The molecule has 1 saturated heterocycles. The Bertz CT molecular complexity index is 2100. The standard InChI is InChI=1S/C32H42Br2N10O4.2C2HF3O2/c33-19-5-7-21-18(16-42-24(21)13-19)15-31(47)26(23-17-43-25-14-20(34)6-8-22(23)25)32(48,27(45)39-9-1-2-10-40-29(35)36)44(28(31)46)12-4-3-11-41-30(37)38;2*3-2(4,5)1(6)7/h5-8,13-14,16-17,22,25-26,42-43,47-48H,1-4,9-12,15H2,(H,39,45)(H4,35,36,40)(H4,37,38,41);2*(H,6,7)/t22?,25?,26-,31+,32+;;/m1../s1. The topological polar surface area (TPSA) is 321 Å². The number of nitrogens with zero attached hydrogens (tertiary/aromatic N) is 3. The zero-order valence-corrected chi connectivity index (χ0v) is 35.5. The van der Waals surface area contributed by atoms with Crippen LogP contribution in [-0.2, 0) is 25.6 Å². The van der Waals surface area contributed by atoms with E-state index in [0.717, 1.165) is 24.8 Å². The average Bonchev–Trinajstić information content (AvgIpc) is 3.80. The van der Waals surface area contributed by atoms with Crippen LogP contribution >= 0.6 is 31.9 Å². The van der Waals surface area contributed by atoms with E-state index in [2.05, 4.69) is 57.5 Å². The predicted octanol–water partition coefficient (Wildman–Crippen LogP) is 2.16. The van der Waals surface area contributed by atoms with E-state index in [0.29, 0.717) is 49.9 Å². The molecule has 0 radical (unpaired) electrons. The first kappa shape index (κ1) is 51.0. The molecule has 2 aliphatic heterocycles. The average molecular weight is 1020 g/mol. The summed E-state index contributed by atoms with van der Waals surface area (Å²) in [6.07, 6.45) is 0.861. The summed E-state index contributed by atoms with van der Waals surface area (Å²) in [4.78, 5) is 59.0. The number of guanidine groups is 2. The Labute approximate surface area is 365 Å². The van der Waals surface area contributed by atoms with Crippen LogP contribution in [0.4, 0.5) is 26.3 Å². The monoisotopic (exact) mass is 1020 g/mol. The minimum atomic E-state index is -5.08. The SMILES string of the molecule is NC(N)=NCCCCNC(=O)[C@@]1(O)[C@H](C2=CNC3C=C(Br)C=CC23)[C@@](O)(Cc2c[nH]c3cc(Br)ccc23)C(=O)N1CCCCN=C(N)N.O=C(O)C(F)(F)F.O=C(O)C(F)(F)F. The summed E-state index contributed by atoms with van der Waals surface area (Å²) in [7, 11) is 0. The van der Waals surface area contributed by atoms with Crippen LogP contribution in [0.3, 0.4) is 0 Å². The summed E-state index contributed by atoms with van der Waals surface area (Å²) in [5, 5.41) is 46.7. The number of fused-ring (bicyclic) bond motifs is 2. The Kier molecular flexibility index (Phi) is 17.4. The van der Waals surface area contributed by atoms with E-state index in [1.807, 2.05) is 36.4 Å². The number of carbonyl (C=O) groups is 4. The third-order valence-electron chi connectivity index (χ3n) is 9.51. The lowest BCUT2D eigenvalue weighted by atomic mass is 9.70. The van der Waals surface area contributed by atoms with Crippen molar-refractivity contribution in [2.75, 3.05) is 26.2 Å². The Morgan fingerprint density at radius 1 is 0.903 bits per heavy atom. The molecule has 1 aliphatic carbocycles. The van der Waals surface area contributed by atoms with E-state index in [1.54, 1.807) is 12.4 Å². The van der Waals surface area contributed by atoms with Gasteiger partial charge in [-0.25, -0.2) is 9.59 Å². The number of alkyl halides is 6. The summed E-state index contributed by atoms with van der Waals surface area (Å²) in [6.45, 7) is 0.843. The Hall–Kier alpha value is -5.34. The number of benzene rings is 1. The minimum absolute atomic E-state index is 0.0198. The molecule has 2 unspecified atom stereocenters. The number of aromatic amines is 1. The highest BCUT2D eigenvalue weighted by molar-refractivity contribution is 9.12. The first-order valence-corrected chi connectivity index (χ1v) is 19.9. The van der Waals surface area contributed by atoms with Crippen molar-refractivity contribution in [2.24, 2.45) is 44.8 Å². The highest BCUT2D eigenvalue weighted by atomic mass is 79.9. The van der Waals surface area contributed by atoms with Crippen LogP contribution in [0.25, 0.3) is 10.9 Å². The maximum atomic E-state index is 14.6. The number of amides is 2. The highest BCUT2D eigenvalue weighted by Crippen LogP contribution is 2.51. The molecule has 1 aromatic heterocycles. The number of aliphatic hydroxyl groups is 2. The van der Waals surface area contributed by atoms with E-state index in [9.17, 15) is 46.1 Å². The summed E-state index contributed by atoms with van der Waals surface area (Å²) in [5.74, 6) is -8.79. The number of nitrogens with two attached hydrogens (primary N) is 4. The van der Waals surface area contributed by atoms with Crippen LogP contribution in [0, 0.1) is 11.8 Å². The minimum Gasteiger partial charge on any atom is -0.475 e. The summed E-state index contributed by atoms with van der Waals surface area (Å²) in [5.41, 5.74) is 19.2. The number of hydrogen-bond donors (Lipinski definition) is 11. The summed E-state index contributed by atoms with van der Waals surface area (Å²) < 4.78 is 65.2. The number of halogens is 8. The Balaban J connectivity index is 0.000000629. The number of aliphatic imine (C=N–C) groups is 2. The number of aromatic nitrogens is 1. The lowest BCUT2D eigenvalue weighted by molar-refractivity contribution is -0.193. The van der Waals surface area contributed by atoms with Crippen LogP contribution in [0.1, 0.15) is 31.2 Å². The fourth-order valence-electron chi connectivity index (χ4n) is 6.85. The second-order valence-corrected chi connectivity index (χ2v) is 15.7. The molecule has 0 saturated carbocycles. The van der Waals surface area contributed by atoms with Gasteiger partial charge < -0.3 is 63.9 Å². The van der Waals surface area contributed by atoms with E-state index in [-0.39, 0.29) is 43.4 Å². The number of aliphatic carboxylic acids is 2. The van der Waals surface area contributed by atoms with Crippen molar-refractivity contribution in [2.45, 2.75) is 61.8 Å². The molecule has 5 rings (SSSR count).